The van der Waals surface area contributed by atoms with E-state index in [1.165, 1.54) is 18.4 Å². The van der Waals surface area contributed by atoms with Crippen LogP contribution in [0.5, 0.6) is 0 Å². The van der Waals surface area contributed by atoms with E-state index < -0.39 is 9.84 Å². The molecule has 0 aliphatic heterocycles. The summed E-state index contributed by atoms with van der Waals surface area (Å²) in [7, 11) is -3.24. The molecule has 0 amide bonds. The van der Waals surface area contributed by atoms with Gasteiger partial charge in [-0.2, -0.15) is 4.68 Å². The summed E-state index contributed by atoms with van der Waals surface area (Å²) in [5.41, 5.74) is 2.54. The van der Waals surface area contributed by atoms with Crippen LogP contribution in [0.2, 0.25) is 5.02 Å². The second-order valence-electron chi connectivity index (χ2n) is 5.59. The number of aryl methyl sites for hydroxylation is 1. The van der Waals surface area contributed by atoms with Crippen molar-refractivity contribution in [3.8, 4) is 5.69 Å². The molecule has 3 rings (SSSR count). The van der Waals surface area contributed by atoms with E-state index in [0.717, 1.165) is 11.3 Å². The molecule has 0 spiro atoms. The van der Waals surface area contributed by atoms with Crippen LogP contribution in [0.4, 0.5) is 5.69 Å². The maximum atomic E-state index is 11.5. The van der Waals surface area contributed by atoms with Gasteiger partial charge in [0.25, 0.3) is 0 Å². The Labute approximate surface area is 150 Å². The van der Waals surface area contributed by atoms with Crippen LogP contribution in [-0.4, -0.2) is 34.9 Å². The molecule has 130 valence electrons. The minimum atomic E-state index is -3.24. The highest BCUT2D eigenvalue weighted by Gasteiger charge is 2.11. The van der Waals surface area contributed by atoms with Gasteiger partial charge in [-0.05, 0) is 59.3 Å². The van der Waals surface area contributed by atoms with Crippen molar-refractivity contribution in [3.05, 3.63) is 58.9 Å². The van der Waals surface area contributed by atoms with E-state index in [9.17, 15) is 8.42 Å². The number of rotatable bonds is 5. The van der Waals surface area contributed by atoms with Crippen LogP contribution in [0.3, 0.4) is 0 Å². The maximum absolute atomic E-state index is 11.5. The third-order valence-corrected chi connectivity index (χ3v) is 5.20. The maximum Gasteiger partial charge on any atom is 0.175 e. The third kappa shape index (κ3) is 3.97. The number of halogens is 1. The highest BCUT2D eigenvalue weighted by Crippen LogP contribution is 2.20. The Hall–Kier alpha value is -2.45. The second-order valence-corrected chi connectivity index (χ2v) is 8.01. The van der Waals surface area contributed by atoms with Gasteiger partial charge in [0, 0.05) is 17.0 Å². The molecule has 0 bridgehead atoms. The monoisotopic (exact) mass is 377 g/mol. The van der Waals surface area contributed by atoms with Crippen LogP contribution in [0.15, 0.2) is 47.4 Å². The van der Waals surface area contributed by atoms with Gasteiger partial charge in [0.2, 0.25) is 0 Å². The fraction of sp³-hybridized carbons (Fsp3) is 0.188. The van der Waals surface area contributed by atoms with Crippen molar-refractivity contribution >= 4 is 27.1 Å². The van der Waals surface area contributed by atoms with E-state index in [-0.39, 0.29) is 4.90 Å². The predicted molar refractivity (Wildman–Crippen MR) is 95.8 cm³/mol. The second kappa shape index (κ2) is 6.81. The summed E-state index contributed by atoms with van der Waals surface area (Å²) in [4.78, 5) is 0.248. The summed E-state index contributed by atoms with van der Waals surface area (Å²) < 4.78 is 24.6. The summed E-state index contributed by atoms with van der Waals surface area (Å²) in [6.45, 7) is 2.33. The predicted octanol–water partition coefficient (Wildman–Crippen LogP) is 2.64. The lowest BCUT2D eigenvalue weighted by molar-refractivity contribution is 0.602. The van der Waals surface area contributed by atoms with Gasteiger partial charge in [-0.25, -0.2) is 8.42 Å². The third-order valence-electron chi connectivity index (χ3n) is 3.67. The number of nitrogens with zero attached hydrogens (tertiary/aromatic N) is 4. The van der Waals surface area contributed by atoms with E-state index in [4.69, 9.17) is 11.6 Å². The minimum Gasteiger partial charge on any atom is -0.378 e. The molecular formula is C16H16ClN5O2S. The molecular weight excluding hydrogens is 362 g/mol. The first kappa shape index (κ1) is 17.4. The number of anilines is 1. The molecule has 0 radical (unpaired) electrons. The molecule has 1 N–H and O–H groups in total. The zero-order valence-electron chi connectivity index (χ0n) is 13.6. The number of hydrogen-bond donors (Lipinski definition) is 1. The number of hydrogen-bond acceptors (Lipinski definition) is 6. The van der Waals surface area contributed by atoms with Gasteiger partial charge in [0.15, 0.2) is 15.7 Å². The van der Waals surface area contributed by atoms with Gasteiger partial charge < -0.3 is 5.32 Å². The lowest BCUT2D eigenvalue weighted by Crippen LogP contribution is -2.09. The van der Waals surface area contributed by atoms with Crippen molar-refractivity contribution < 1.29 is 8.42 Å². The van der Waals surface area contributed by atoms with Crippen LogP contribution >= 0.6 is 11.6 Å². The first-order chi connectivity index (χ1) is 11.8. The molecule has 0 saturated heterocycles. The smallest absolute Gasteiger partial charge is 0.175 e. The van der Waals surface area contributed by atoms with Crippen LogP contribution in [0, 0.1) is 6.92 Å². The molecule has 0 aliphatic rings. The molecule has 7 nitrogen and oxygen atoms in total. The number of benzene rings is 2. The molecule has 25 heavy (non-hydrogen) atoms. The first-order valence-electron chi connectivity index (χ1n) is 7.42. The standard InChI is InChI=1S/C16H16ClN5O2S/c1-11-3-4-12(9-15(11)17)18-10-16-19-20-21-22(16)13-5-7-14(8-6-13)25(2,23)24/h3-9,18H,10H2,1-2H3. The SMILES string of the molecule is Cc1ccc(NCc2nnnn2-c2ccc(S(C)(=O)=O)cc2)cc1Cl. The average Bonchev–Trinajstić information content (AvgIpc) is 3.04. The zero-order chi connectivity index (χ0) is 18.0. The molecule has 1 heterocycles. The lowest BCUT2D eigenvalue weighted by atomic mass is 10.2. The van der Waals surface area contributed by atoms with E-state index in [0.29, 0.717) is 23.1 Å². The van der Waals surface area contributed by atoms with Crippen molar-refractivity contribution in [1.82, 2.24) is 20.2 Å². The Morgan fingerprint density at radius 2 is 1.88 bits per heavy atom. The molecule has 9 heteroatoms. The molecule has 0 unspecified atom stereocenters. The van der Waals surface area contributed by atoms with Crippen molar-refractivity contribution in [3.63, 3.8) is 0 Å². The summed E-state index contributed by atoms with van der Waals surface area (Å²) >= 11 is 6.12. The van der Waals surface area contributed by atoms with Gasteiger partial charge in [-0.15, -0.1) is 5.10 Å². The Morgan fingerprint density at radius 3 is 2.52 bits per heavy atom. The number of nitrogens with one attached hydrogen (secondary N) is 1. The highest BCUT2D eigenvalue weighted by atomic mass is 35.5. The Kier molecular flexibility index (Phi) is 4.73. The van der Waals surface area contributed by atoms with Crippen molar-refractivity contribution in [2.45, 2.75) is 18.4 Å². The summed E-state index contributed by atoms with van der Waals surface area (Å²) in [5.74, 6) is 0.587. The minimum absolute atomic E-state index is 0.248. The Morgan fingerprint density at radius 1 is 1.16 bits per heavy atom. The fourth-order valence-corrected chi connectivity index (χ4v) is 3.05. The van der Waals surface area contributed by atoms with Crippen molar-refractivity contribution in [1.29, 1.82) is 0 Å². The molecule has 0 saturated carbocycles. The van der Waals surface area contributed by atoms with E-state index >= 15 is 0 Å². The van der Waals surface area contributed by atoms with Crippen molar-refractivity contribution in [2.75, 3.05) is 11.6 Å². The zero-order valence-corrected chi connectivity index (χ0v) is 15.2. The van der Waals surface area contributed by atoms with Crippen LogP contribution in [0.1, 0.15) is 11.4 Å². The van der Waals surface area contributed by atoms with Gasteiger partial charge in [-0.3, -0.25) is 0 Å². The number of aromatic nitrogens is 4. The fourth-order valence-electron chi connectivity index (χ4n) is 2.23. The number of tetrazole rings is 1. The quantitative estimate of drug-likeness (QED) is 0.735. The molecule has 0 atom stereocenters. The lowest BCUT2D eigenvalue weighted by Gasteiger charge is -2.09. The van der Waals surface area contributed by atoms with Crippen LogP contribution in [-0.2, 0) is 16.4 Å². The summed E-state index contributed by atoms with van der Waals surface area (Å²) in [6, 6.07) is 12.1. The Balaban J connectivity index is 1.79. The van der Waals surface area contributed by atoms with Gasteiger partial charge >= 0.3 is 0 Å². The van der Waals surface area contributed by atoms with E-state index in [1.807, 2.05) is 25.1 Å². The molecule has 0 aliphatic carbocycles. The molecule has 0 fully saturated rings. The van der Waals surface area contributed by atoms with Crippen molar-refractivity contribution in [2.24, 2.45) is 0 Å². The average molecular weight is 378 g/mol. The van der Waals surface area contributed by atoms with Crippen LogP contribution < -0.4 is 5.32 Å². The van der Waals surface area contributed by atoms with Gasteiger partial charge in [0.05, 0.1) is 17.1 Å². The molecule has 3 aromatic rings. The highest BCUT2D eigenvalue weighted by molar-refractivity contribution is 7.90. The normalized spacial score (nSPS) is 11.5. The molecule has 1 aromatic heterocycles. The summed E-state index contributed by atoms with van der Waals surface area (Å²) in [5, 5.41) is 15.6. The first-order valence-corrected chi connectivity index (χ1v) is 9.69. The van der Waals surface area contributed by atoms with Gasteiger partial charge in [-0.1, -0.05) is 17.7 Å². The largest absolute Gasteiger partial charge is 0.378 e. The van der Waals surface area contributed by atoms with Gasteiger partial charge in [0.1, 0.15) is 0 Å². The number of sulfone groups is 1. The van der Waals surface area contributed by atoms with Crippen LogP contribution in [0.25, 0.3) is 5.69 Å². The van der Waals surface area contributed by atoms with E-state index in [1.54, 1.807) is 16.8 Å². The van der Waals surface area contributed by atoms with E-state index in [2.05, 4.69) is 20.8 Å². The summed E-state index contributed by atoms with van der Waals surface area (Å²) in [6.07, 6.45) is 1.17. The molecule has 2 aromatic carbocycles. The Bertz CT molecular complexity index is 1000. The topological polar surface area (TPSA) is 89.8 Å².